The highest BCUT2D eigenvalue weighted by atomic mass is 19.3. The number of aromatic nitrogens is 4. The fourth-order valence-electron chi connectivity index (χ4n) is 4.22. The van der Waals surface area contributed by atoms with Gasteiger partial charge in [-0.25, -0.2) is 18.2 Å². The van der Waals surface area contributed by atoms with Crippen molar-refractivity contribution in [1.29, 1.82) is 0 Å². The van der Waals surface area contributed by atoms with Gasteiger partial charge >= 0.3 is 0 Å². The molecule has 1 unspecified atom stereocenters. The summed E-state index contributed by atoms with van der Waals surface area (Å²) in [5.74, 6) is 1.03. The third-order valence-electron chi connectivity index (χ3n) is 6.15. The van der Waals surface area contributed by atoms with Crippen LogP contribution in [0.15, 0.2) is 60.9 Å². The lowest BCUT2D eigenvalue weighted by Gasteiger charge is -2.37. The molecular formula is C25H25F3N8. The summed E-state index contributed by atoms with van der Waals surface area (Å²) in [6.45, 7) is 3.46. The van der Waals surface area contributed by atoms with Crippen molar-refractivity contribution in [3.63, 3.8) is 0 Å². The molecule has 0 spiro atoms. The third-order valence-corrected chi connectivity index (χ3v) is 6.15. The summed E-state index contributed by atoms with van der Waals surface area (Å²) < 4.78 is 38.8. The Labute approximate surface area is 206 Å². The number of halogens is 3. The Hall–Kier alpha value is -3.99. The van der Waals surface area contributed by atoms with Crippen LogP contribution in [0.1, 0.15) is 5.56 Å². The Morgan fingerprint density at radius 3 is 2.44 bits per heavy atom. The van der Waals surface area contributed by atoms with Crippen molar-refractivity contribution in [3.05, 3.63) is 66.5 Å². The molecule has 2 aromatic carbocycles. The van der Waals surface area contributed by atoms with Crippen molar-refractivity contribution in [3.8, 4) is 0 Å². The number of benzene rings is 2. The molecule has 1 aliphatic rings. The minimum absolute atomic E-state index is 0.251. The zero-order chi connectivity index (χ0) is 25.1. The second kappa shape index (κ2) is 10.3. The third kappa shape index (κ3) is 5.15. The van der Waals surface area contributed by atoms with E-state index in [1.807, 2.05) is 54.3 Å². The van der Waals surface area contributed by atoms with Crippen LogP contribution in [-0.4, -0.2) is 64.0 Å². The van der Waals surface area contributed by atoms with Gasteiger partial charge in [0.15, 0.2) is 0 Å². The van der Waals surface area contributed by atoms with Crippen LogP contribution in [0.25, 0.3) is 10.9 Å². The molecule has 0 radical (unpaired) electrons. The number of nitrogens with zero attached hydrogens (tertiary/aromatic N) is 6. The monoisotopic (exact) mass is 494 g/mol. The first-order chi connectivity index (χ1) is 17.5. The average molecular weight is 495 g/mol. The standard InChI is InChI=1S/C25H25F3N8/c1-16-3-2-4-19-20(15-30-34-22(16)19)32-21-9-10-29-25(33-21)31-17-5-7-18(8-6-17)35-11-13-36(14-12-35)24(28)23(26)27/h2-10,15,23-24H,11-14H2,1H3,(H2,29,31,32,33,34). The highest BCUT2D eigenvalue weighted by Crippen LogP contribution is 2.26. The zero-order valence-electron chi connectivity index (χ0n) is 19.6. The van der Waals surface area contributed by atoms with E-state index in [-0.39, 0.29) is 13.1 Å². The van der Waals surface area contributed by atoms with Gasteiger partial charge in [0.05, 0.1) is 17.4 Å². The van der Waals surface area contributed by atoms with Gasteiger partial charge in [0.25, 0.3) is 6.43 Å². The van der Waals surface area contributed by atoms with E-state index in [0.717, 1.165) is 33.5 Å². The van der Waals surface area contributed by atoms with Crippen LogP contribution in [0.4, 0.5) is 42.0 Å². The van der Waals surface area contributed by atoms with Gasteiger partial charge in [-0.3, -0.25) is 4.90 Å². The van der Waals surface area contributed by atoms with Gasteiger partial charge in [-0.1, -0.05) is 18.2 Å². The maximum atomic E-state index is 13.6. The van der Waals surface area contributed by atoms with Gasteiger partial charge < -0.3 is 15.5 Å². The number of nitrogens with one attached hydrogen (secondary N) is 2. The molecule has 0 saturated carbocycles. The maximum Gasteiger partial charge on any atom is 0.282 e. The van der Waals surface area contributed by atoms with Crippen molar-refractivity contribution in [2.75, 3.05) is 41.7 Å². The Bertz CT molecular complexity index is 1330. The van der Waals surface area contributed by atoms with E-state index in [1.165, 1.54) is 4.90 Å². The van der Waals surface area contributed by atoms with Gasteiger partial charge in [0.2, 0.25) is 12.2 Å². The normalized spacial score (nSPS) is 15.3. The molecule has 4 aromatic rings. The van der Waals surface area contributed by atoms with E-state index >= 15 is 0 Å². The summed E-state index contributed by atoms with van der Waals surface area (Å²) in [4.78, 5) is 12.1. The van der Waals surface area contributed by atoms with Crippen LogP contribution >= 0.6 is 0 Å². The Kier molecular flexibility index (Phi) is 6.81. The summed E-state index contributed by atoms with van der Waals surface area (Å²) in [5.41, 5.74) is 4.40. The smallest absolute Gasteiger partial charge is 0.282 e. The van der Waals surface area contributed by atoms with E-state index in [9.17, 15) is 13.2 Å². The van der Waals surface area contributed by atoms with E-state index in [2.05, 4.69) is 30.8 Å². The first kappa shape index (κ1) is 23.7. The number of hydrogen-bond donors (Lipinski definition) is 2. The molecule has 186 valence electrons. The molecule has 3 heterocycles. The molecule has 0 aliphatic carbocycles. The van der Waals surface area contributed by atoms with Gasteiger partial charge in [0.1, 0.15) is 5.82 Å². The SMILES string of the molecule is Cc1cccc2c(Nc3ccnc(Nc4ccc(N5CCN(C(F)C(F)F)CC5)cc4)n3)cnnc12. The summed E-state index contributed by atoms with van der Waals surface area (Å²) in [6.07, 6.45) is -1.87. The molecule has 11 heteroatoms. The summed E-state index contributed by atoms with van der Waals surface area (Å²) in [6, 6.07) is 15.4. The van der Waals surface area contributed by atoms with Gasteiger partial charge in [-0.15, -0.1) is 0 Å². The van der Waals surface area contributed by atoms with E-state index in [0.29, 0.717) is 24.9 Å². The maximum absolute atomic E-state index is 13.6. The number of fused-ring (bicyclic) bond motifs is 1. The van der Waals surface area contributed by atoms with Crippen LogP contribution in [-0.2, 0) is 0 Å². The Balaban J connectivity index is 1.23. The highest BCUT2D eigenvalue weighted by Gasteiger charge is 2.30. The van der Waals surface area contributed by atoms with Crippen LogP contribution in [0.5, 0.6) is 0 Å². The lowest BCUT2D eigenvalue weighted by molar-refractivity contribution is -0.0505. The molecular weight excluding hydrogens is 469 g/mol. The molecule has 1 fully saturated rings. The quantitative estimate of drug-likeness (QED) is 0.351. The van der Waals surface area contributed by atoms with E-state index in [1.54, 1.807) is 18.5 Å². The molecule has 2 N–H and O–H groups in total. The average Bonchev–Trinajstić information content (AvgIpc) is 2.90. The van der Waals surface area contributed by atoms with Gasteiger partial charge in [-0.05, 0) is 42.8 Å². The Morgan fingerprint density at radius 1 is 0.917 bits per heavy atom. The molecule has 8 nitrogen and oxygen atoms in total. The molecule has 1 aliphatic heterocycles. The lowest BCUT2D eigenvalue weighted by atomic mass is 10.1. The largest absolute Gasteiger partial charge is 0.369 e. The molecule has 5 rings (SSSR count). The predicted molar refractivity (Wildman–Crippen MR) is 134 cm³/mol. The number of alkyl halides is 3. The fourth-order valence-corrected chi connectivity index (χ4v) is 4.22. The molecule has 1 atom stereocenters. The van der Waals surface area contributed by atoms with Crippen molar-refractivity contribution < 1.29 is 13.2 Å². The number of hydrogen-bond acceptors (Lipinski definition) is 8. The molecule has 0 amide bonds. The lowest BCUT2D eigenvalue weighted by Crippen LogP contribution is -2.51. The van der Waals surface area contributed by atoms with Crippen LogP contribution < -0.4 is 15.5 Å². The van der Waals surface area contributed by atoms with Crippen molar-refractivity contribution in [2.45, 2.75) is 19.6 Å². The van der Waals surface area contributed by atoms with Crippen molar-refractivity contribution >= 4 is 39.7 Å². The molecule has 0 bridgehead atoms. The minimum atomic E-state index is -2.98. The summed E-state index contributed by atoms with van der Waals surface area (Å²) >= 11 is 0. The van der Waals surface area contributed by atoms with Crippen LogP contribution in [0, 0.1) is 6.92 Å². The molecule has 36 heavy (non-hydrogen) atoms. The van der Waals surface area contributed by atoms with Gasteiger partial charge in [-0.2, -0.15) is 15.2 Å². The van der Waals surface area contributed by atoms with E-state index < -0.39 is 12.7 Å². The molecule has 2 aromatic heterocycles. The highest BCUT2D eigenvalue weighted by molar-refractivity contribution is 5.93. The second-order valence-electron chi connectivity index (χ2n) is 8.52. The first-order valence-corrected chi connectivity index (χ1v) is 11.6. The number of rotatable bonds is 7. The number of piperazine rings is 1. The van der Waals surface area contributed by atoms with E-state index in [4.69, 9.17) is 0 Å². The van der Waals surface area contributed by atoms with Crippen LogP contribution in [0.3, 0.4) is 0 Å². The van der Waals surface area contributed by atoms with Gasteiger partial charge in [0, 0.05) is 49.1 Å². The zero-order valence-corrected chi connectivity index (χ0v) is 19.6. The summed E-state index contributed by atoms with van der Waals surface area (Å²) in [5, 5.41) is 15.8. The topological polar surface area (TPSA) is 82.1 Å². The molecule has 1 saturated heterocycles. The predicted octanol–water partition coefficient (Wildman–Crippen LogP) is 4.90. The number of aryl methyl sites for hydroxylation is 1. The first-order valence-electron chi connectivity index (χ1n) is 11.6. The fraction of sp³-hybridized carbons (Fsp3) is 0.280. The van der Waals surface area contributed by atoms with Crippen LogP contribution in [0.2, 0.25) is 0 Å². The Morgan fingerprint density at radius 2 is 1.69 bits per heavy atom. The summed E-state index contributed by atoms with van der Waals surface area (Å²) in [7, 11) is 0. The van der Waals surface area contributed by atoms with Crippen molar-refractivity contribution in [1.82, 2.24) is 25.1 Å². The number of anilines is 5. The van der Waals surface area contributed by atoms with Crippen molar-refractivity contribution in [2.24, 2.45) is 0 Å². The second-order valence-corrected chi connectivity index (χ2v) is 8.52. The minimum Gasteiger partial charge on any atom is -0.369 e.